The summed E-state index contributed by atoms with van der Waals surface area (Å²) in [5, 5.41) is 0. The molecule has 1 saturated heterocycles. The predicted octanol–water partition coefficient (Wildman–Crippen LogP) is 5.89. The number of hydrogen-bond donors (Lipinski definition) is 0. The van der Waals surface area contributed by atoms with Crippen LogP contribution in [0.1, 0.15) is 23.1 Å². The summed E-state index contributed by atoms with van der Waals surface area (Å²) < 4.78 is 35.3. The number of fused-ring (bicyclic) bond motifs is 2. The lowest BCUT2D eigenvalue weighted by molar-refractivity contribution is 0.0220. The summed E-state index contributed by atoms with van der Waals surface area (Å²) in [4.78, 5) is 0. The Kier molecular flexibility index (Phi) is 5.15. The highest BCUT2D eigenvalue weighted by molar-refractivity contribution is 9.10. The highest BCUT2D eigenvalue weighted by Crippen LogP contribution is 2.60. The van der Waals surface area contributed by atoms with Gasteiger partial charge in [-0.05, 0) is 30.0 Å². The van der Waals surface area contributed by atoms with Gasteiger partial charge < -0.3 is 4.74 Å². The molecule has 1 spiro atoms. The maximum absolute atomic E-state index is 14.8. The summed E-state index contributed by atoms with van der Waals surface area (Å²) in [5.74, 6) is 0.334. The zero-order chi connectivity index (χ0) is 17.4. The van der Waals surface area contributed by atoms with Crippen molar-refractivity contribution in [2.75, 3.05) is 11.5 Å². The van der Waals surface area contributed by atoms with Crippen LogP contribution >= 0.6 is 39.5 Å². The highest BCUT2D eigenvalue weighted by atomic mass is 79.9. The van der Waals surface area contributed by atoms with Crippen LogP contribution in [0.5, 0.6) is 0 Å². The second kappa shape index (κ2) is 7.22. The minimum Gasteiger partial charge on any atom is -0.371 e. The molecule has 0 amide bonds. The summed E-state index contributed by atoms with van der Waals surface area (Å²) in [7, 11) is 0. The van der Waals surface area contributed by atoms with Crippen molar-refractivity contribution in [3.8, 4) is 0 Å². The first-order valence-corrected chi connectivity index (χ1v) is 11.0. The van der Waals surface area contributed by atoms with E-state index in [4.69, 9.17) is 4.74 Å². The van der Waals surface area contributed by atoms with Crippen LogP contribution in [0.15, 0.2) is 40.9 Å². The molecule has 4 rings (SSSR count). The zero-order valence-corrected chi connectivity index (χ0v) is 16.7. The minimum atomic E-state index is -0.790. The average Bonchev–Trinajstić information content (AvgIpc) is 3.09. The number of halogens is 3. The fourth-order valence-corrected chi connectivity index (χ4v) is 7.75. The highest BCUT2D eigenvalue weighted by Gasteiger charge is 2.51. The largest absolute Gasteiger partial charge is 0.371 e. The molecule has 0 N–H and O–H groups in total. The molecular formula is C19H17BrF2OS2. The normalized spacial score (nSPS) is 21.5. The molecule has 0 bridgehead atoms. The average molecular weight is 443 g/mol. The fourth-order valence-electron chi connectivity index (χ4n) is 3.59. The molecule has 2 aromatic carbocycles. The van der Waals surface area contributed by atoms with Crippen molar-refractivity contribution in [3.63, 3.8) is 0 Å². The number of hydrogen-bond acceptors (Lipinski definition) is 3. The molecule has 1 aliphatic heterocycles. The lowest BCUT2D eigenvalue weighted by atomic mass is 9.88. The summed E-state index contributed by atoms with van der Waals surface area (Å²) in [6.07, 6.45) is 1.36. The van der Waals surface area contributed by atoms with Crippen molar-refractivity contribution >= 4 is 39.5 Å². The Hall–Kier alpha value is -0.560. The van der Waals surface area contributed by atoms with Gasteiger partial charge in [-0.25, -0.2) is 8.78 Å². The van der Waals surface area contributed by atoms with Crippen molar-refractivity contribution < 1.29 is 13.5 Å². The summed E-state index contributed by atoms with van der Waals surface area (Å²) in [5.41, 5.74) is 2.48. The Balaban J connectivity index is 1.71. The smallest absolute Gasteiger partial charge is 0.164 e. The van der Waals surface area contributed by atoms with Gasteiger partial charge in [-0.1, -0.05) is 46.3 Å². The van der Waals surface area contributed by atoms with E-state index in [0.717, 1.165) is 29.1 Å². The summed E-state index contributed by atoms with van der Waals surface area (Å²) >= 11 is 6.81. The Labute approximate surface area is 163 Å². The van der Waals surface area contributed by atoms with Gasteiger partial charge in [-0.3, -0.25) is 0 Å². The molecule has 0 radical (unpaired) electrons. The molecule has 25 heavy (non-hydrogen) atoms. The van der Waals surface area contributed by atoms with E-state index in [1.54, 1.807) is 23.5 Å². The van der Waals surface area contributed by atoms with E-state index in [1.165, 1.54) is 6.07 Å². The Bertz CT molecular complexity index is 779. The molecule has 2 aliphatic rings. The van der Waals surface area contributed by atoms with Gasteiger partial charge in [-0.15, -0.1) is 23.5 Å². The first-order chi connectivity index (χ1) is 12.1. The van der Waals surface area contributed by atoms with E-state index in [9.17, 15) is 8.78 Å². The van der Waals surface area contributed by atoms with E-state index in [0.29, 0.717) is 23.1 Å². The molecule has 1 heterocycles. The monoisotopic (exact) mass is 442 g/mol. The van der Waals surface area contributed by atoms with Gasteiger partial charge in [-0.2, -0.15) is 0 Å². The molecule has 6 heteroatoms. The van der Waals surface area contributed by atoms with Gasteiger partial charge in [0.15, 0.2) is 11.6 Å². The van der Waals surface area contributed by atoms with Crippen LogP contribution in [0.2, 0.25) is 0 Å². The Morgan fingerprint density at radius 1 is 1.16 bits per heavy atom. The van der Waals surface area contributed by atoms with E-state index in [-0.39, 0.29) is 6.10 Å². The van der Waals surface area contributed by atoms with E-state index < -0.39 is 15.7 Å². The second-order valence-corrected chi connectivity index (χ2v) is 9.99. The quantitative estimate of drug-likeness (QED) is 0.548. The maximum Gasteiger partial charge on any atom is 0.164 e. The second-order valence-electron chi connectivity index (χ2n) is 6.20. The molecule has 1 unspecified atom stereocenters. The topological polar surface area (TPSA) is 9.23 Å². The SMILES string of the molecule is Fc1cc(Br)c2c(c1F)C1(SCCS1)C(OCc1ccccc1)CC2. The fraction of sp³-hybridized carbons (Fsp3) is 0.368. The minimum absolute atomic E-state index is 0.138. The van der Waals surface area contributed by atoms with Crippen LogP contribution in [0, 0.1) is 11.6 Å². The number of benzene rings is 2. The predicted molar refractivity (Wildman–Crippen MR) is 104 cm³/mol. The van der Waals surface area contributed by atoms with Gasteiger partial charge in [0.1, 0.15) is 4.08 Å². The van der Waals surface area contributed by atoms with Crippen molar-refractivity contribution in [2.45, 2.75) is 29.6 Å². The lowest BCUT2D eigenvalue weighted by Gasteiger charge is -2.41. The van der Waals surface area contributed by atoms with Crippen LogP contribution < -0.4 is 0 Å². The van der Waals surface area contributed by atoms with Crippen LogP contribution in [-0.4, -0.2) is 17.6 Å². The first-order valence-electron chi connectivity index (χ1n) is 8.22. The molecular weight excluding hydrogens is 426 g/mol. The van der Waals surface area contributed by atoms with Gasteiger partial charge in [0.2, 0.25) is 0 Å². The Morgan fingerprint density at radius 3 is 2.60 bits per heavy atom. The third kappa shape index (κ3) is 3.15. The Morgan fingerprint density at radius 2 is 1.88 bits per heavy atom. The van der Waals surface area contributed by atoms with Crippen molar-refractivity contribution in [1.82, 2.24) is 0 Å². The maximum atomic E-state index is 14.8. The van der Waals surface area contributed by atoms with Crippen molar-refractivity contribution in [2.24, 2.45) is 0 Å². The van der Waals surface area contributed by atoms with Crippen molar-refractivity contribution in [3.05, 3.63) is 69.2 Å². The van der Waals surface area contributed by atoms with E-state index >= 15 is 0 Å². The zero-order valence-electron chi connectivity index (χ0n) is 13.4. The van der Waals surface area contributed by atoms with E-state index in [2.05, 4.69) is 15.9 Å². The molecule has 1 aliphatic carbocycles. The molecule has 2 aromatic rings. The van der Waals surface area contributed by atoms with Gasteiger partial charge >= 0.3 is 0 Å². The molecule has 1 nitrogen and oxygen atoms in total. The van der Waals surface area contributed by atoms with Crippen molar-refractivity contribution in [1.29, 1.82) is 0 Å². The van der Waals surface area contributed by atoms with Crippen LogP contribution in [0.4, 0.5) is 8.78 Å². The number of ether oxygens (including phenoxy) is 1. The standard InChI is InChI=1S/C19H17BrF2OS2/c20-14-10-15(21)18(22)17-13(14)6-7-16(19(17)24-8-9-25-19)23-11-12-4-2-1-3-5-12/h1-5,10,16H,6-9,11H2. The first kappa shape index (κ1) is 17.8. The summed E-state index contributed by atoms with van der Waals surface area (Å²) in [6.45, 7) is 0.488. The third-order valence-corrected chi connectivity index (χ3v) is 8.99. The number of thioether (sulfide) groups is 2. The third-order valence-electron chi connectivity index (χ3n) is 4.71. The lowest BCUT2D eigenvalue weighted by Crippen LogP contribution is -2.40. The summed E-state index contributed by atoms with van der Waals surface area (Å²) in [6, 6.07) is 11.2. The van der Waals surface area contributed by atoms with Crippen LogP contribution in [0.3, 0.4) is 0 Å². The van der Waals surface area contributed by atoms with Crippen LogP contribution in [-0.2, 0) is 21.8 Å². The molecule has 1 fully saturated rings. The number of rotatable bonds is 3. The van der Waals surface area contributed by atoms with Gasteiger partial charge in [0.05, 0.1) is 12.7 Å². The molecule has 0 saturated carbocycles. The molecule has 132 valence electrons. The van der Waals surface area contributed by atoms with Gasteiger partial charge in [0.25, 0.3) is 0 Å². The van der Waals surface area contributed by atoms with Gasteiger partial charge in [0, 0.05) is 21.5 Å². The molecule has 1 atom stereocenters. The molecule has 0 aromatic heterocycles. The van der Waals surface area contributed by atoms with Crippen LogP contribution in [0.25, 0.3) is 0 Å². The van der Waals surface area contributed by atoms with E-state index in [1.807, 2.05) is 30.3 Å².